The van der Waals surface area contributed by atoms with E-state index in [9.17, 15) is 15.0 Å². The monoisotopic (exact) mass is 561 g/mol. The zero-order valence-corrected chi connectivity index (χ0v) is 23.6. The number of nitrogens with zero attached hydrogens (tertiary/aromatic N) is 1. The topological polar surface area (TPSA) is 107 Å². The summed E-state index contributed by atoms with van der Waals surface area (Å²) in [5.74, 6) is -0.688. The molecular weight excluding hydrogens is 526 g/mol. The van der Waals surface area contributed by atoms with E-state index in [0.717, 1.165) is 12.0 Å². The molecule has 216 valence electrons. The number of methoxy groups -OCH3 is 4. The van der Waals surface area contributed by atoms with Crippen LogP contribution in [-0.4, -0.2) is 68.3 Å². The van der Waals surface area contributed by atoms with Crippen molar-refractivity contribution in [1.29, 1.82) is 0 Å². The van der Waals surface area contributed by atoms with Crippen molar-refractivity contribution in [3.8, 4) is 23.0 Å². The Bertz CT molecular complexity index is 1430. The lowest BCUT2D eigenvalue weighted by Gasteiger charge is -2.45. The molecule has 3 aromatic rings. The highest BCUT2D eigenvalue weighted by Gasteiger charge is 2.76. The molecule has 9 nitrogen and oxygen atoms in total. The van der Waals surface area contributed by atoms with E-state index in [1.807, 2.05) is 42.5 Å². The van der Waals surface area contributed by atoms with E-state index in [4.69, 9.17) is 23.7 Å². The minimum Gasteiger partial charge on any atom is -0.497 e. The maximum Gasteiger partial charge on any atom is 0.231 e. The van der Waals surface area contributed by atoms with Gasteiger partial charge in [-0.25, -0.2) is 0 Å². The van der Waals surface area contributed by atoms with Gasteiger partial charge in [0.25, 0.3) is 0 Å². The van der Waals surface area contributed by atoms with Crippen LogP contribution >= 0.6 is 0 Å². The second-order valence-corrected chi connectivity index (χ2v) is 10.8. The normalized spacial score (nSPS) is 30.0. The zero-order chi connectivity index (χ0) is 28.9. The summed E-state index contributed by atoms with van der Waals surface area (Å²) in [6.45, 7) is 0.477. The van der Waals surface area contributed by atoms with Crippen LogP contribution in [0.25, 0.3) is 0 Å². The average Bonchev–Trinajstić information content (AvgIpc) is 3.54. The minimum atomic E-state index is -2.09. The largest absolute Gasteiger partial charge is 0.497 e. The summed E-state index contributed by atoms with van der Waals surface area (Å²) in [7, 11) is 6.15. The average molecular weight is 562 g/mol. The Morgan fingerprint density at radius 3 is 2.29 bits per heavy atom. The summed E-state index contributed by atoms with van der Waals surface area (Å²) in [5, 5.41) is 25.4. The van der Waals surface area contributed by atoms with E-state index in [0.29, 0.717) is 30.0 Å². The Labute approximate surface area is 239 Å². The first-order chi connectivity index (χ1) is 19.8. The maximum absolute atomic E-state index is 14.7. The van der Waals surface area contributed by atoms with Gasteiger partial charge in [-0.05, 0) is 36.1 Å². The Kier molecular flexibility index (Phi) is 6.84. The van der Waals surface area contributed by atoms with Gasteiger partial charge in [0.15, 0.2) is 5.60 Å². The van der Waals surface area contributed by atoms with Crippen molar-refractivity contribution >= 4 is 5.91 Å². The Morgan fingerprint density at radius 1 is 0.951 bits per heavy atom. The van der Waals surface area contributed by atoms with Crippen LogP contribution in [0, 0.1) is 5.92 Å². The smallest absolute Gasteiger partial charge is 0.231 e. The number of likely N-dealkylation sites (tertiary alicyclic amines) is 1. The molecule has 6 atom stereocenters. The molecule has 2 fully saturated rings. The number of hydrogen-bond acceptors (Lipinski definition) is 8. The van der Waals surface area contributed by atoms with Crippen molar-refractivity contribution in [2.45, 2.75) is 42.3 Å². The first kappa shape index (κ1) is 27.4. The molecule has 9 heteroatoms. The second-order valence-electron chi connectivity index (χ2n) is 10.8. The van der Waals surface area contributed by atoms with Gasteiger partial charge in [0, 0.05) is 31.7 Å². The summed E-state index contributed by atoms with van der Waals surface area (Å²) >= 11 is 0. The molecule has 0 radical (unpaired) electrons. The first-order valence-corrected chi connectivity index (χ1v) is 13.7. The van der Waals surface area contributed by atoms with Crippen LogP contribution in [0.1, 0.15) is 35.4 Å². The molecule has 1 aliphatic carbocycles. The van der Waals surface area contributed by atoms with Gasteiger partial charge in [-0.3, -0.25) is 4.79 Å². The number of ether oxygens (including phenoxy) is 5. The standard InChI is InChI=1S/C32H35NO8/c1-37-21-14-12-20(13-15-21)32-26(19-9-6-5-7-10-19)28(29(34)33-16-8-11-25(33)40-4)31(36,30(32)35)27-23(39-3)17-22(38-2)18-24(27)41-32/h5-7,9-10,12-15,17-18,25-26,28,30,35-36H,8,11,16H2,1-4H3/t25-,26+,28-,30?,31+,32+/m0/s1. The van der Waals surface area contributed by atoms with E-state index < -0.39 is 35.4 Å². The highest BCUT2D eigenvalue weighted by Crippen LogP contribution is 2.68. The molecule has 41 heavy (non-hydrogen) atoms. The van der Waals surface area contributed by atoms with E-state index >= 15 is 0 Å². The molecule has 1 unspecified atom stereocenters. The van der Waals surface area contributed by atoms with Gasteiger partial charge in [0.1, 0.15) is 40.9 Å². The number of amides is 1. The van der Waals surface area contributed by atoms with Crippen molar-refractivity contribution in [2.24, 2.45) is 5.92 Å². The van der Waals surface area contributed by atoms with Crippen LogP contribution < -0.4 is 18.9 Å². The molecule has 2 bridgehead atoms. The second kappa shape index (κ2) is 10.2. The molecule has 0 spiro atoms. The number of aliphatic hydroxyl groups excluding tert-OH is 1. The number of hydrogen-bond donors (Lipinski definition) is 2. The van der Waals surface area contributed by atoms with Gasteiger partial charge in [0.05, 0.1) is 32.8 Å². The van der Waals surface area contributed by atoms with E-state index in [-0.39, 0.29) is 23.0 Å². The van der Waals surface area contributed by atoms with E-state index in [2.05, 4.69) is 0 Å². The molecule has 3 aliphatic rings. The molecule has 3 aromatic carbocycles. The predicted octanol–water partition coefficient (Wildman–Crippen LogP) is 3.56. The van der Waals surface area contributed by atoms with Gasteiger partial charge in [-0.2, -0.15) is 0 Å². The highest BCUT2D eigenvalue weighted by atomic mass is 16.5. The number of rotatable bonds is 7. The van der Waals surface area contributed by atoms with Crippen LogP contribution in [0.2, 0.25) is 0 Å². The summed E-state index contributed by atoms with van der Waals surface area (Å²) in [4.78, 5) is 16.4. The fraction of sp³-hybridized carbons (Fsp3) is 0.406. The molecule has 0 aromatic heterocycles. The lowest BCUT2D eigenvalue weighted by atomic mass is 9.75. The number of benzene rings is 3. The Morgan fingerprint density at radius 2 is 1.66 bits per heavy atom. The zero-order valence-electron chi connectivity index (χ0n) is 23.6. The van der Waals surface area contributed by atoms with Crippen molar-refractivity contribution in [2.75, 3.05) is 35.0 Å². The quantitative estimate of drug-likeness (QED) is 0.451. The van der Waals surface area contributed by atoms with Crippen LogP contribution in [0.5, 0.6) is 23.0 Å². The van der Waals surface area contributed by atoms with Crippen LogP contribution in [0.3, 0.4) is 0 Å². The third-order valence-corrected chi connectivity index (χ3v) is 8.99. The first-order valence-electron chi connectivity index (χ1n) is 13.7. The SMILES string of the molecule is COc1ccc([C@]23Oc4cc(OC)cc(OC)c4[C@](O)(C2O)[C@H](C(=O)N2CCC[C@@H]2OC)[C@H]3c2ccccc2)cc1. The summed E-state index contributed by atoms with van der Waals surface area (Å²) in [5.41, 5.74) is -2.12. The molecule has 6 rings (SSSR count). The molecule has 2 heterocycles. The lowest BCUT2D eigenvalue weighted by molar-refractivity contribution is -0.171. The molecule has 2 aliphatic heterocycles. The van der Waals surface area contributed by atoms with E-state index in [1.165, 1.54) is 14.2 Å². The van der Waals surface area contributed by atoms with Crippen LogP contribution in [-0.2, 0) is 20.7 Å². The predicted molar refractivity (Wildman–Crippen MR) is 149 cm³/mol. The Balaban J connectivity index is 1.68. The van der Waals surface area contributed by atoms with Gasteiger partial charge >= 0.3 is 0 Å². The number of aliphatic hydroxyl groups is 2. The van der Waals surface area contributed by atoms with Crippen LogP contribution in [0.15, 0.2) is 66.7 Å². The molecule has 2 N–H and O–H groups in total. The third kappa shape index (κ3) is 3.83. The third-order valence-electron chi connectivity index (χ3n) is 8.99. The Hall–Kier alpha value is -3.79. The highest BCUT2D eigenvalue weighted by molar-refractivity contribution is 5.85. The fourth-order valence-electron chi connectivity index (χ4n) is 7.17. The van der Waals surface area contributed by atoms with Gasteiger partial charge in [-0.1, -0.05) is 42.5 Å². The number of carbonyl (C=O) groups is 1. The fourth-order valence-corrected chi connectivity index (χ4v) is 7.17. The van der Waals surface area contributed by atoms with Gasteiger partial charge in [0.2, 0.25) is 5.91 Å². The number of fused-ring (bicyclic) bond motifs is 4. The maximum atomic E-state index is 14.7. The van der Waals surface area contributed by atoms with Crippen molar-refractivity contribution in [3.63, 3.8) is 0 Å². The van der Waals surface area contributed by atoms with E-state index in [1.54, 1.807) is 43.4 Å². The van der Waals surface area contributed by atoms with Gasteiger partial charge < -0.3 is 38.8 Å². The van der Waals surface area contributed by atoms with Crippen molar-refractivity contribution < 1.29 is 38.7 Å². The van der Waals surface area contributed by atoms with Gasteiger partial charge in [-0.15, -0.1) is 0 Å². The molecule has 1 amide bonds. The summed E-state index contributed by atoms with van der Waals surface area (Å²) in [6.07, 6.45) is -0.537. The minimum absolute atomic E-state index is 0.211. The molecule has 1 saturated carbocycles. The number of carbonyl (C=O) groups excluding carboxylic acids is 1. The van der Waals surface area contributed by atoms with Crippen LogP contribution in [0.4, 0.5) is 0 Å². The van der Waals surface area contributed by atoms with Crippen molar-refractivity contribution in [1.82, 2.24) is 4.90 Å². The summed E-state index contributed by atoms with van der Waals surface area (Å²) < 4.78 is 29.2. The van der Waals surface area contributed by atoms with Crippen molar-refractivity contribution in [3.05, 3.63) is 83.4 Å². The molecular formula is C32H35NO8. The lowest BCUT2D eigenvalue weighted by Crippen LogP contribution is -2.55. The summed E-state index contributed by atoms with van der Waals surface area (Å²) in [6, 6.07) is 19.9. The molecule has 1 saturated heterocycles.